The Morgan fingerprint density at radius 1 is 1.41 bits per heavy atom. The zero-order valence-electron chi connectivity index (χ0n) is 9.74. The van der Waals surface area contributed by atoms with E-state index < -0.39 is 5.60 Å². The number of hydrogen-bond donors (Lipinski definition) is 1. The third kappa shape index (κ3) is 1.65. The van der Waals surface area contributed by atoms with Gasteiger partial charge in [0, 0.05) is 5.39 Å². The number of hydrogen-bond acceptors (Lipinski definition) is 2. The highest BCUT2D eigenvalue weighted by Gasteiger charge is 2.46. The molecule has 2 nitrogen and oxygen atoms in total. The van der Waals surface area contributed by atoms with Crippen molar-refractivity contribution in [1.29, 1.82) is 0 Å². The summed E-state index contributed by atoms with van der Waals surface area (Å²) in [6.45, 7) is 1.95. The molecule has 0 bridgehead atoms. The summed E-state index contributed by atoms with van der Waals surface area (Å²) < 4.78 is 18.8. The van der Waals surface area contributed by atoms with Crippen molar-refractivity contribution in [3.63, 3.8) is 0 Å². The molecule has 1 heterocycles. The highest BCUT2D eigenvalue weighted by molar-refractivity contribution is 5.78. The van der Waals surface area contributed by atoms with E-state index in [1.807, 2.05) is 6.92 Å². The van der Waals surface area contributed by atoms with Crippen LogP contribution in [-0.2, 0) is 5.60 Å². The molecule has 1 fully saturated rings. The molecule has 0 amide bonds. The summed E-state index contributed by atoms with van der Waals surface area (Å²) in [5.41, 5.74) is -0.246. The summed E-state index contributed by atoms with van der Waals surface area (Å²) in [5, 5.41) is 11.3. The Morgan fingerprint density at radius 3 is 2.82 bits per heavy atom. The lowest BCUT2D eigenvalue weighted by Crippen LogP contribution is -2.26. The molecule has 3 heteroatoms. The van der Waals surface area contributed by atoms with E-state index in [9.17, 15) is 9.50 Å². The quantitative estimate of drug-likeness (QED) is 0.880. The van der Waals surface area contributed by atoms with E-state index in [1.54, 1.807) is 12.1 Å². The lowest BCUT2D eigenvalue weighted by molar-refractivity contribution is -0.0103. The van der Waals surface area contributed by atoms with Crippen LogP contribution in [0.15, 0.2) is 28.7 Å². The van der Waals surface area contributed by atoms with Crippen LogP contribution in [0.25, 0.3) is 11.0 Å². The molecule has 1 saturated carbocycles. The van der Waals surface area contributed by atoms with Gasteiger partial charge in [-0.15, -0.1) is 0 Å². The maximum absolute atomic E-state index is 13.1. The Balaban J connectivity index is 2.10. The molecule has 0 spiro atoms. The summed E-state index contributed by atoms with van der Waals surface area (Å²) in [4.78, 5) is 0. The normalized spacial score (nSPS) is 19.5. The molecule has 1 aliphatic carbocycles. The maximum Gasteiger partial charge on any atom is 0.137 e. The van der Waals surface area contributed by atoms with Gasteiger partial charge < -0.3 is 9.52 Å². The Morgan fingerprint density at radius 2 is 2.18 bits per heavy atom. The van der Waals surface area contributed by atoms with Crippen LogP contribution in [-0.4, -0.2) is 5.11 Å². The van der Waals surface area contributed by atoms with Gasteiger partial charge in [0.1, 0.15) is 22.8 Å². The molecule has 2 aromatic rings. The topological polar surface area (TPSA) is 33.4 Å². The van der Waals surface area contributed by atoms with Gasteiger partial charge in [0.2, 0.25) is 0 Å². The molecule has 0 aliphatic heterocycles. The van der Waals surface area contributed by atoms with Gasteiger partial charge in [-0.2, -0.15) is 0 Å². The fraction of sp³-hybridized carbons (Fsp3) is 0.429. The van der Waals surface area contributed by atoms with E-state index in [1.165, 1.54) is 12.1 Å². The molecule has 17 heavy (non-hydrogen) atoms. The average molecular weight is 234 g/mol. The van der Waals surface area contributed by atoms with Crippen LogP contribution in [0.4, 0.5) is 4.39 Å². The van der Waals surface area contributed by atoms with Crippen molar-refractivity contribution in [3.05, 3.63) is 35.8 Å². The van der Waals surface area contributed by atoms with Crippen LogP contribution in [0.3, 0.4) is 0 Å². The summed E-state index contributed by atoms with van der Waals surface area (Å²) >= 11 is 0. The van der Waals surface area contributed by atoms with Gasteiger partial charge in [-0.25, -0.2) is 4.39 Å². The lowest BCUT2D eigenvalue weighted by Gasteiger charge is -2.23. The molecule has 1 atom stereocenters. The second-order valence-corrected chi connectivity index (χ2v) is 4.84. The Kier molecular flexibility index (Phi) is 2.26. The molecular weight excluding hydrogens is 219 g/mol. The second-order valence-electron chi connectivity index (χ2n) is 4.84. The molecule has 1 aliphatic rings. The highest BCUT2D eigenvalue weighted by Crippen LogP contribution is 2.48. The van der Waals surface area contributed by atoms with Crippen molar-refractivity contribution < 1.29 is 13.9 Å². The van der Waals surface area contributed by atoms with Gasteiger partial charge in [0.05, 0.1) is 0 Å². The van der Waals surface area contributed by atoms with Crippen LogP contribution >= 0.6 is 0 Å². The maximum atomic E-state index is 13.1. The number of furan rings is 1. The second kappa shape index (κ2) is 3.57. The van der Waals surface area contributed by atoms with E-state index in [0.29, 0.717) is 23.2 Å². The Hall–Kier alpha value is -1.35. The summed E-state index contributed by atoms with van der Waals surface area (Å²) in [7, 11) is 0. The van der Waals surface area contributed by atoms with Crippen LogP contribution in [0, 0.1) is 11.7 Å². The summed E-state index contributed by atoms with van der Waals surface area (Å²) in [6, 6.07) is 6.18. The van der Waals surface area contributed by atoms with Crippen LogP contribution in [0.5, 0.6) is 0 Å². The van der Waals surface area contributed by atoms with Crippen molar-refractivity contribution in [1.82, 2.24) is 0 Å². The van der Waals surface area contributed by atoms with Crippen LogP contribution < -0.4 is 0 Å². The predicted molar refractivity (Wildman–Crippen MR) is 63.1 cm³/mol. The Labute approximate surface area is 99.1 Å². The van der Waals surface area contributed by atoms with Gasteiger partial charge in [-0.05, 0) is 49.4 Å². The average Bonchev–Trinajstić information content (AvgIpc) is 3.08. The van der Waals surface area contributed by atoms with Crippen molar-refractivity contribution >= 4 is 11.0 Å². The molecular formula is C14H15FO2. The third-order valence-electron chi connectivity index (χ3n) is 3.70. The smallest absolute Gasteiger partial charge is 0.137 e. The molecule has 0 saturated heterocycles. The number of fused-ring (bicyclic) bond motifs is 1. The number of benzene rings is 1. The minimum absolute atomic E-state index is 0.281. The first-order chi connectivity index (χ1) is 8.13. The molecule has 0 radical (unpaired) electrons. The molecule has 90 valence electrons. The van der Waals surface area contributed by atoms with Gasteiger partial charge in [0.15, 0.2) is 0 Å². The van der Waals surface area contributed by atoms with Crippen LogP contribution in [0.2, 0.25) is 0 Å². The van der Waals surface area contributed by atoms with E-state index >= 15 is 0 Å². The molecule has 1 N–H and O–H groups in total. The largest absolute Gasteiger partial charge is 0.458 e. The van der Waals surface area contributed by atoms with Crippen molar-refractivity contribution in [2.24, 2.45) is 5.92 Å². The predicted octanol–water partition coefficient (Wildman–Crippen LogP) is 3.58. The molecule has 1 aromatic carbocycles. The van der Waals surface area contributed by atoms with Gasteiger partial charge in [0.25, 0.3) is 0 Å². The van der Waals surface area contributed by atoms with Gasteiger partial charge in [-0.1, -0.05) is 6.92 Å². The molecule has 1 unspecified atom stereocenters. The lowest BCUT2D eigenvalue weighted by atomic mass is 9.91. The third-order valence-corrected chi connectivity index (χ3v) is 3.70. The molecule has 3 rings (SSSR count). The van der Waals surface area contributed by atoms with Crippen molar-refractivity contribution in [2.75, 3.05) is 0 Å². The fourth-order valence-corrected chi connectivity index (χ4v) is 2.45. The number of halogens is 1. The van der Waals surface area contributed by atoms with E-state index in [-0.39, 0.29) is 11.7 Å². The summed E-state index contributed by atoms with van der Waals surface area (Å²) in [5.74, 6) is 0.581. The van der Waals surface area contributed by atoms with Crippen molar-refractivity contribution in [2.45, 2.75) is 31.8 Å². The van der Waals surface area contributed by atoms with E-state index in [0.717, 1.165) is 12.8 Å². The Bertz CT molecular complexity index is 556. The van der Waals surface area contributed by atoms with E-state index in [4.69, 9.17) is 4.42 Å². The zero-order chi connectivity index (χ0) is 12.0. The fourth-order valence-electron chi connectivity index (χ4n) is 2.45. The van der Waals surface area contributed by atoms with Crippen LogP contribution in [0.1, 0.15) is 31.9 Å². The molecule has 1 aromatic heterocycles. The van der Waals surface area contributed by atoms with Gasteiger partial charge >= 0.3 is 0 Å². The standard InChI is InChI=1S/C14H15FO2/c1-2-14(16,10-3-4-10)13-8-9-7-11(15)5-6-12(9)17-13/h5-8,10,16H,2-4H2,1H3. The van der Waals surface area contributed by atoms with E-state index in [2.05, 4.69) is 0 Å². The first kappa shape index (κ1) is 10.8. The highest BCUT2D eigenvalue weighted by atomic mass is 19.1. The SMILES string of the molecule is CCC(O)(c1cc2cc(F)ccc2o1)C1CC1. The first-order valence-electron chi connectivity index (χ1n) is 6.05. The zero-order valence-corrected chi connectivity index (χ0v) is 9.74. The van der Waals surface area contributed by atoms with Crippen molar-refractivity contribution in [3.8, 4) is 0 Å². The minimum Gasteiger partial charge on any atom is -0.458 e. The monoisotopic (exact) mass is 234 g/mol. The van der Waals surface area contributed by atoms with Gasteiger partial charge in [-0.3, -0.25) is 0 Å². The first-order valence-corrected chi connectivity index (χ1v) is 6.05. The minimum atomic E-state index is -0.879. The number of aliphatic hydroxyl groups is 1. The number of rotatable bonds is 3. The summed E-state index contributed by atoms with van der Waals surface area (Å²) in [6.07, 6.45) is 2.70.